The molecule has 3 nitrogen and oxygen atoms in total. The predicted octanol–water partition coefficient (Wildman–Crippen LogP) is 1.15. The van der Waals surface area contributed by atoms with Gasteiger partial charge in [0.1, 0.15) is 0 Å². The molecular formula is C3H2I2O3. The Morgan fingerprint density at radius 2 is 2.50 bits per heavy atom. The van der Waals surface area contributed by atoms with Crippen molar-refractivity contribution in [2.24, 2.45) is 0 Å². The van der Waals surface area contributed by atoms with Crippen molar-refractivity contribution in [3.63, 3.8) is 0 Å². The summed E-state index contributed by atoms with van der Waals surface area (Å²) in [5, 5.41) is 0. The van der Waals surface area contributed by atoms with Crippen molar-refractivity contribution in [1.29, 1.82) is 0 Å². The summed E-state index contributed by atoms with van der Waals surface area (Å²) >= 11 is -0.494. The van der Waals surface area contributed by atoms with Crippen molar-refractivity contribution in [2.45, 2.75) is 0 Å². The van der Waals surface area contributed by atoms with E-state index >= 15 is 0 Å². The van der Waals surface area contributed by atoms with E-state index in [1.807, 2.05) is 22.6 Å². The molecule has 1 aliphatic heterocycles. The number of carbonyl (C=O) groups excluding carboxylic acids is 1. The molecule has 1 rings (SSSR count). The van der Waals surface area contributed by atoms with E-state index in [1.165, 1.54) is 4.08 Å². The van der Waals surface area contributed by atoms with Crippen LogP contribution in [0, 0.1) is 0 Å². The van der Waals surface area contributed by atoms with Gasteiger partial charge in [0, 0.05) is 0 Å². The van der Waals surface area contributed by atoms with Crippen LogP contribution in [0.25, 0.3) is 0 Å². The first-order valence-corrected chi connectivity index (χ1v) is 5.85. The molecule has 0 saturated heterocycles. The van der Waals surface area contributed by atoms with Crippen LogP contribution in [0.15, 0.2) is 7.66 Å². The third kappa shape index (κ3) is 1.32. The zero-order valence-corrected chi connectivity index (χ0v) is 7.91. The van der Waals surface area contributed by atoms with E-state index in [0.29, 0.717) is 3.58 Å². The molecule has 1 heterocycles. The van der Waals surface area contributed by atoms with Gasteiger partial charge in [0.15, 0.2) is 0 Å². The van der Waals surface area contributed by atoms with Crippen LogP contribution >= 0.6 is 43.2 Å². The van der Waals surface area contributed by atoms with Gasteiger partial charge in [0.05, 0.1) is 0 Å². The standard InChI is InChI=1S/C3H2I2O3/c4-2-1-5(7)8-3(2)6/h1,7H. The summed E-state index contributed by atoms with van der Waals surface area (Å²) < 4.78 is 15.2. The van der Waals surface area contributed by atoms with Crippen LogP contribution in [0.3, 0.4) is 0 Å². The van der Waals surface area contributed by atoms with E-state index < -0.39 is 20.6 Å². The van der Waals surface area contributed by atoms with Crippen molar-refractivity contribution in [3.05, 3.63) is 7.66 Å². The van der Waals surface area contributed by atoms with Crippen LogP contribution in [0.1, 0.15) is 0 Å². The third-order valence-corrected chi connectivity index (χ3v) is 4.48. The molecule has 8 heavy (non-hydrogen) atoms. The maximum absolute atomic E-state index is 10.4. The van der Waals surface area contributed by atoms with Gasteiger partial charge in [0.2, 0.25) is 0 Å². The van der Waals surface area contributed by atoms with Crippen molar-refractivity contribution in [2.75, 3.05) is 0 Å². The first kappa shape index (κ1) is 6.75. The average molecular weight is 340 g/mol. The van der Waals surface area contributed by atoms with E-state index in [0.717, 1.165) is 0 Å². The molecule has 0 aromatic heterocycles. The molecule has 0 atom stereocenters. The minimum absolute atomic E-state index is 0.377. The minimum atomic E-state index is -2.33. The maximum atomic E-state index is 10.4. The van der Waals surface area contributed by atoms with Crippen LogP contribution in [0.5, 0.6) is 0 Å². The Bertz CT molecular complexity index is 153. The van der Waals surface area contributed by atoms with Gasteiger partial charge in [-0.05, 0) is 0 Å². The average Bonchev–Trinajstić information content (AvgIpc) is 1.85. The van der Waals surface area contributed by atoms with Gasteiger partial charge in [-0.3, -0.25) is 0 Å². The molecule has 0 aromatic rings. The molecule has 0 radical (unpaired) electrons. The number of carbonyl (C=O) groups is 1. The van der Waals surface area contributed by atoms with Gasteiger partial charge >= 0.3 is 68.2 Å². The van der Waals surface area contributed by atoms with Crippen LogP contribution in [0.4, 0.5) is 0 Å². The van der Waals surface area contributed by atoms with Crippen LogP contribution in [-0.4, -0.2) is 9.41 Å². The number of hydrogen-bond acceptors (Lipinski definition) is 3. The Morgan fingerprint density at radius 3 is 2.62 bits per heavy atom. The van der Waals surface area contributed by atoms with Crippen molar-refractivity contribution >= 4 is 49.2 Å². The molecule has 46 valence electrons. The van der Waals surface area contributed by atoms with E-state index in [1.54, 1.807) is 0 Å². The normalized spacial score (nSPS) is 23.0. The molecule has 0 bridgehead atoms. The first-order chi connectivity index (χ1) is 3.70. The second-order valence-electron chi connectivity index (χ2n) is 1.08. The topological polar surface area (TPSA) is 46.5 Å². The van der Waals surface area contributed by atoms with E-state index in [9.17, 15) is 4.79 Å². The van der Waals surface area contributed by atoms with Crippen LogP contribution in [-0.2, 0) is 7.86 Å². The Balaban J connectivity index is 2.73. The Morgan fingerprint density at radius 1 is 1.88 bits per heavy atom. The molecule has 1 N–H and O–H groups in total. The second-order valence-corrected chi connectivity index (χ2v) is 4.76. The van der Waals surface area contributed by atoms with Gasteiger partial charge in [-0.15, -0.1) is 0 Å². The monoisotopic (exact) mass is 340 g/mol. The van der Waals surface area contributed by atoms with E-state index in [4.69, 9.17) is 3.44 Å². The molecule has 0 spiro atoms. The molecule has 0 amide bonds. The van der Waals surface area contributed by atoms with Gasteiger partial charge < -0.3 is 0 Å². The van der Waals surface area contributed by atoms with E-state index in [2.05, 4.69) is 3.07 Å². The molecular weight excluding hydrogens is 338 g/mol. The van der Waals surface area contributed by atoms with E-state index in [-0.39, 0.29) is 5.97 Å². The molecule has 0 fully saturated rings. The van der Waals surface area contributed by atoms with Crippen LogP contribution < -0.4 is 0 Å². The molecule has 1 aliphatic rings. The summed E-state index contributed by atoms with van der Waals surface area (Å²) in [6.45, 7) is 0. The Hall–Kier alpha value is 0.630. The summed E-state index contributed by atoms with van der Waals surface area (Å²) in [6.07, 6.45) is 0. The molecule has 5 heteroatoms. The molecule has 0 aromatic carbocycles. The summed E-state index contributed by atoms with van der Waals surface area (Å²) in [7, 11) is 0. The van der Waals surface area contributed by atoms with Crippen molar-refractivity contribution < 1.29 is 11.3 Å². The number of rotatable bonds is 0. The summed E-state index contributed by atoms with van der Waals surface area (Å²) in [4.78, 5) is 10.4. The van der Waals surface area contributed by atoms with Gasteiger partial charge in [0.25, 0.3) is 0 Å². The fraction of sp³-hybridized carbons (Fsp3) is 0. The summed E-state index contributed by atoms with van der Waals surface area (Å²) in [5.74, 6) is -0.377. The molecule has 0 saturated carbocycles. The SMILES string of the molecule is O=C1OI(O)C=C1I. The molecule has 0 unspecified atom stereocenters. The zero-order chi connectivity index (χ0) is 6.15. The van der Waals surface area contributed by atoms with Crippen molar-refractivity contribution in [1.82, 2.24) is 0 Å². The number of halogens is 2. The second kappa shape index (κ2) is 2.48. The fourth-order valence-corrected chi connectivity index (χ4v) is 3.64. The Kier molecular flexibility index (Phi) is 2.09. The van der Waals surface area contributed by atoms with Gasteiger partial charge in [-0.25, -0.2) is 0 Å². The predicted molar refractivity (Wildman–Crippen MR) is 44.4 cm³/mol. The fourth-order valence-electron chi connectivity index (χ4n) is 0.257. The summed E-state index contributed by atoms with van der Waals surface area (Å²) in [6, 6.07) is 0. The molecule has 0 aliphatic carbocycles. The van der Waals surface area contributed by atoms with Gasteiger partial charge in [-0.2, -0.15) is 0 Å². The Labute approximate surface area is 67.7 Å². The third-order valence-electron chi connectivity index (χ3n) is 0.533. The summed E-state index contributed by atoms with van der Waals surface area (Å²) in [5.41, 5.74) is 0. The quantitative estimate of drug-likeness (QED) is 0.673. The zero-order valence-electron chi connectivity index (χ0n) is 3.60. The van der Waals surface area contributed by atoms with Gasteiger partial charge in [-0.1, -0.05) is 0 Å². The first-order valence-electron chi connectivity index (χ1n) is 1.68. The van der Waals surface area contributed by atoms with Crippen molar-refractivity contribution in [3.8, 4) is 0 Å². The number of hydrogen-bond donors (Lipinski definition) is 1. The van der Waals surface area contributed by atoms with Crippen LogP contribution in [0.2, 0.25) is 0 Å².